The highest BCUT2D eigenvalue weighted by atomic mass is 32.2. The molecule has 0 fully saturated rings. The van der Waals surface area contributed by atoms with E-state index in [2.05, 4.69) is 11.6 Å². The minimum atomic E-state index is -3.66. The molecule has 0 atom stereocenters. The summed E-state index contributed by atoms with van der Waals surface area (Å²) in [5.74, 6) is -0.589. The fraction of sp³-hybridized carbons (Fsp3) is 0.273. The third kappa shape index (κ3) is 4.71. The van der Waals surface area contributed by atoms with Crippen LogP contribution in [0.5, 0.6) is 0 Å². The third-order valence-corrected chi connectivity index (χ3v) is 7.67. The molecule has 0 spiro atoms. The average molecular weight is 444 g/mol. The second-order valence-electron chi connectivity index (χ2n) is 7.52. The fourth-order valence-corrected chi connectivity index (χ4v) is 6.63. The largest absolute Gasteiger partial charge is 0.365 e. The van der Waals surface area contributed by atoms with E-state index in [1.165, 1.54) is 17.4 Å². The number of nitrogens with zero attached hydrogens (tertiary/aromatic N) is 2. The Morgan fingerprint density at radius 2 is 2.00 bits per heavy atom. The van der Waals surface area contributed by atoms with E-state index >= 15 is 0 Å². The molecule has 1 aromatic carbocycles. The first-order chi connectivity index (χ1) is 14.2. The second-order valence-corrected chi connectivity index (χ2v) is 10.6. The SMILES string of the molecule is C=CCS(=O)(=O)c1c(CC(C)C)sc(C(N)=O)c1-c1ccc(Cn2ccnc2)cc1. The highest BCUT2D eigenvalue weighted by molar-refractivity contribution is 7.92. The molecule has 3 rings (SSSR count). The van der Waals surface area contributed by atoms with Crippen molar-refractivity contribution in [1.82, 2.24) is 9.55 Å². The van der Waals surface area contributed by atoms with Crippen molar-refractivity contribution in [1.29, 1.82) is 0 Å². The van der Waals surface area contributed by atoms with Crippen LogP contribution >= 0.6 is 11.3 Å². The number of imidazole rings is 1. The van der Waals surface area contributed by atoms with Crippen molar-refractivity contribution < 1.29 is 13.2 Å². The van der Waals surface area contributed by atoms with Crippen LogP contribution in [0.15, 0.2) is 60.5 Å². The van der Waals surface area contributed by atoms with Crippen LogP contribution in [0.4, 0.5) is 0 Å². The van der Waals surface area contributed by atoms with Crippen LogP contribution < -0.4 is 5.73 Å². The van der Waals surface area contributed by atoms with Gasteiger partial charge in [0.25, 0.3) is 5.91 Å². The predicted molar refractivity (Wildman–Crippen MR) is 120 cm³/mol. The Hall–Kier alpha value is -2.71. The highest BCUT2D eigenvalue weighted by Gasteiger charge is 2.30. The first-order valence-electron chi connectivity index (χ1n) is 9.57. The van der Waals surface area contributed by atoms with Gasteiger partial charge in [0.1, 0.15) is 4.88 Å². The minimum absolute atomic E-state index is 0.196. The molecule has 0 aliphatic rings. The van der Waals surface area contributed by atoms with Gasteiger partial charge in [0.05, 0.1) is 17.0 Å². The first kappa shape index (κ1) is 22.0. The molecule has 0 saturated carbocycles. The zero-order valence-corrected chi connectivity index (χ0v) is 18.7. The van der Waals surface area contributed by atoms with Crippen LogP contribution in [0.25, 0.3) is 11.1 Å². The molecule has 0 aliphatic heterocycles. The molecule has 30 heavy (non-hydrogen) atoms. The summed E-state index contributed by atoms with van der Waals surface area (Å²) in [5.41, 5.74) is 7.74. The lowest BCUT2D eigenvalue weighted by molar-refractivity contribution is 0.100. The molecule has 0 radical (unpaired) electrons. The van der Waals surface area contributed by atoms with E-state index in [-0.39, 0.29) is 21.4 Å². The van der Waals surface area contributed by atoms with Gasteiger partial charge < -0.3 is 10.3 Å². The van der Waals surface area contributed by atoms with Gasteiger partial charge in [-0.25, -0.2) is 13.4 Å². The highest BCUT2D eigenvalue weighted by Crippen LogP contribution is 2.41. The lowest BCUT2D eigenvalue weighted by Gasteiger charge is -2.11. The molecule has 0 saturated heterocycles. The molecule has 2 N–H and O–H groups in total. The van der Waals surface area contributed by atoms with Gasteiger partial charge in [-0.05, 0) is 23.5 Å². The van der Waals surface area contributed by atoms with Crippen LogP contribution in [0.2, 0.25) is 0 Å². The monoisotopic (exact) mass is 443 g/mol. The second kappa shape index (κ2) is 8.97. The maximum absolute atomic E-state index is 13.1. The Labute approximate surface area is 181 Å². The van der Waals surface area contributed by atoms with Crippen LogP contribution in [0, 0.1) is 5.92 Å². The maximum atomic E-state index is 13.1. The molecule has 2 aromatic heterocycles. The molecule has 1 amide bonds. The van der Waals surface area contributed by atoms with Gasteiger partial charge in [-0.1, -0.05) is 44.2 Å². The van der Waals surface area contributed by atoms with E-state index in [0.717, 1.165) is 5.56 Å². The van der Waals surface area contributed by atoms with E-state index < -0.39 is 15.7 Å². The van der Waals surface area contributed by atoms with Gasteiger partial charge in [-0.15, -0.1) is 17.9 Å². The molecular weight excluding hydrogens is 418 g/mol. The number of carbonyl (C=O) groups is 1. The van der Waals surface area contributed by atoms with Gasteiger partial charge in [-0.3, -0.25) is 4.79 Å². The van der Waals surface area contributed by atoms with Crippen molar-refractivity contribution in [2.75, 3.05) is 5.75 Å². The summed E-state index contributed by atoms with van der Waals surface area (Å²) in [6, 6.07) is 7.52. The number of rotatable bonds is 9. The van der Waals surface area contributed by atoms with E-state index in [1.54, 1.807) is 12.5 Å². The molecule has 0 unspecified atom stereocenters. The number of primary amides is 1. The number of sulfone groups is 1. The number of benzene rings is 1. The van der Waals surface area contributed by atoms with Crippen molar-refractivity contribution in [2.45, 2.75) is 31.7 Å². The van der Waals surface area contributed by atoms with Crippen LogP contribution in [-0.2, 0) is 22.8 Å². The molecule has 6 nitrogen and oxygen atoms in total. The summed E-state index contributed by atoms with van der Waals surface area (Å²) in [6.45, 7) is 8.25. The Kier molecular flexibility index (Phi) is 6.58. The normalized spacial score (nSPS) is 11.7. The lowest BCUT2D eigenvalue weighted by atomic mass is 10.0. The van der Waals surface area contributed by atoms with Crippen molar-refractivity contribution in [3.63, 3.8) is 0 Å². The fourth-order valence-electron chi connectivity index (χ4n) is 3.34. The summed E-state index contributed by atoms with van der Waals surface area (Å²) in [4.78, 5) is 17.4. The minimum Gasteiger partial charge on any atom is -0.365 e. The zero-order valence-electron chi connectivity index (χ0n) is 17.0. The number of thiophene rings is 1. The van der Waals surface area contributed by atoms with Gasteiger partial charge in [0, 0.05) is 29.4 Å². The van der Waals surface area contributed by atoms with Crippen molar-refractivity contribution >= 4 is 27.1 Å². The number of carbonyl (C=O) groups excluding carboxylic acids is 1. The van der Waals surface area contributed by atoms with E-state index in [4.69, 9.17) is 5.73 Å². The summed E-state index contributed by atoms with van der Waals surface area (Å²) in [6.07, 6.45) is 7.24. The van der Waals surface area contributed by atoms with Crippen LogP contribution in [0.3, 0.4) is 0 Å². The van der Waals surface area contributed by atoms with Gasteiger partial charge in [0.2, 0.25) is 0 Å². The molecule has 0 aliphatic carbocycles. The Bertz CT molecular complexity index is 1140. The van der Waals surface area contributed by atoms with E-state index in [1.807, 2.05) is 48.9 Å². The number of hydrogen-bond acceptors (Lipinski definition) is 5. The molecule has 0 bridgehead atoms. The standard InChI is InChI=1S/C22H25N3O3S2/c1-4-11-30(27,28)21-18(12-15(2)3)29-20(22(23)26)19(21)17-7-5-16(6-8-17)13-25-10-9-24-14-25/h4-10,14-15H,1,11-13H2,2-3H3,(H2,23,26). The summed E-state index contributed by atoms with van der Waals surface area (Å²) in [5, 5.41) is 0. The van der Waals surface area contributed by atoms with Gasteiger partial charge in [0.15, 0.2) is 9.84 Å². The van der Waals surface area contributed by atoms with Crippen molar-refractivity contribution in [2.24, 2.45) is 11.7 Å². The molecule has 158 valence electrons. The van der Waals surface area contributed by atoms with Gasteiger partial charge in [-0.2, -0.15) is 0 Å². The number of amides is 1. The molecule has 2 heterocycles. The summed E-state index contributed by atoms with van der Waals surface area (Å²) >= 11 is 1.18. The Morgan fingerprint density at radius 1 is 1.30 bits per heavy atom. The maximum Gasteiger partial charge on any atom is 0.259 e. The Morgan fingerprint density at radius 3 is 2.53 bits per heavy atom. The first-order valence-corrected chi connectivity index (χ1v) is 12.0. The smallest absolute Gasteiger partial charge is 0.259 e. The Balaban J connectivity index is 2.15. The third-order valence-electron chi connectivity index (χ3n) is 4.57. The lowest BCUT2D eigenvalue weighted by Crippen LogP contribution is -2.12. The van der Waals surface area contributed by atoms with Gasteiger partial charge >= 0.3 is 0 Å². The average Bonchev–Trinajstić information content (AvgIpc) is 3.30. The van der Waals surface area contributed by atoms with Crippen molar-refractivity contribution in [3.8, 4) is 11.1 Å². The van der Waals surface area contributed by atoms with E-state index in [0.29, 0.717) is 29.0 Å². The summed E-state index contributed by atoms with van der Waals surface area (Å²) in [7, 11) is -3.66. The number of nitrogens with two attached hydrogens (primary N) is 1. The predicted octanol–water partition coefficient (Wildman–Crippen LogP) is 3.92. The van der Waals surface area contributed by atoms with Crippen LogP contribution in [0.1, 0.15) is 34.0 Å². The molecule has 3 aromatic rings. The van der Waals surface area contributed by atoms with E-state index in [9.17, 15) is 13.2 Å². The molecular formula is C22H25N3O3S2. The molecule has 8 heteroatoms. The zero-order chi connectivity index (χ0) is 21.9. The number of hydrogen-bond donors (Lipinski definition) is 1. The van der Waals surface area contributed by atoms with Crippen LogP contribution in [-0.4, -0.2) is 29.6 Å². The topological polar surface area (TPSA) is 95.0 Å². The van der Waals surface area contributed by atoms with Crippen molar-refractivity contribution in [3.05, 3.63) is 71.0 Å². The quantitative estimate of drug-likeness (QED) is 0.507. The summed E-state index contributed by atoms with van der Waals surface area (Å²) < 4.78 is 28.2. The number of aromatic nitrogens is 2.